The lowest BCUT2D eigenvalue weighted by Gasteiger charge is -2.47. The van der Waals surface area contributed by atoms with Gasteiger partial charge in [-0.2, -0.15) is 0 Å². The summed E-state index contributed by atoms with van der Waals surface area (Å²) in [6.07, 6.45) is 3.82. The number of rotatable bonds is 4. The highest BCUT2D eigenvalue weighted by molar-refractivity contribution is 5.34. The van der Waals surface area contributed by atoms with Gasteiger partial charge in [-0.15, -0.1) is 0 Å². The Bertz CT molecular complexity index is 394. The minimum Gasteiger partial charge on any atom is -0.323 e. The zero-order valence-electron chi connectivity index (χ0n) is 11.2. The fourth-order valence-corrected chi connectivity index (χ4v) is 3.09. The van der Waals surface area contributed by atoms with Crippen LogP contribution in [-0.4, -0.2) is 13.6 Å². The first kappa shape index (κ1) is 12.6. The molecule has 1 aliphatic rings. The van der Waals surface area contributed by atoms with Crippen LogP contribution in [0.5, 0.6) is 0 Å². The van der Waals surface area contributed by atoms with Crippen LogP contribution in [0.2, 0.25) is 0 Å². The van der Waals surface area contributed by atoms with Crippen molar-refractivity contribution in [2.45, 2.75) is 39.2 Å². The van der Waals surface area contributed by atoms with Crippen LogP contribution in [0.15, 0.2) is 18.2 Å². The van der Waals surface area contributed by atoms with Crippen LogP contribution < -0.4 is 11.1 Å². The summed E-state index contributed by atoms with van der Waals surface area (Å²) in [7, 11) is 2.02. The first-order chi connectivity index (χ1) is 8.09. The molecule has 1 aromatic carbocycles. The summed E-state index contributed by atoms with van der Waals surface area (Å²) < 4.78 is 0. The van der Waals surface area contributed by atoms with E-state index in [4.69, 9.17) is 5.73 Å². The molecule has 1 unspecified atom stereocenters. The Balaban J connectivity index is 2.26. The number of aryl methyl sites for hydroxylation is 2. The van der Waals surface area contributed by atoms with Gasteiger partial charge < -0.3 is 11.1 Å². The monoisotopic (exact) mass is 232 g/mol. The lowest BCUT2D eigenvalue weighted by Crippen LogP contribution is -2.47. The summed E-state index contributed by atoms with van der Waals surface area (Å²) in [6, 6.07) is 6.80. The van der Waals surface area contributed by atoms with Crippen molar-refractivity contribution in [2.75, 3.05) is 13.6 Å². The van der Waals surface area contributed by atoms with Crippen molar-refractivity contribution in [1.82, 2.24) is 5.32 Å². The molecule has 0 amide bonds. The standard InChI is InChI=1S/C15H24N2/c1-11-5-6-13(12(2)9-11)14(16)15(10-17-3)7-4-8-15/h5-6,9,14,17H,4,7-8,10,16H2,1-3H3. The molecule has 0 aliphatic heterocycles. The molecule has 2 rings (SSSR count). The van der Waals surface area contributed by atoms with Crippen molar-refractivity contribution in [3.8, 4) is 0 Å². The van der Waals surface area contributed by atoms with E-state index in [0.29, 0.717) is 0 Å². The van der Waals surface area contributed by atoms with E-state index in [-0.39, 0.29) is 11.5 Å². The van der Waals surface area contributed by atoms with E-state index in [1.54, 1.807) is 0 Å². The van der Waals surface area contributed by atoms with Crippen LogP contribution in [0, 0.1) is 19.3 Å². The molecule has 0 radical (unpaired) electrons. The predicted molar refractivity (Wildman–Crippen MR) is 73.1 cm³/mol. The van der Waals surface area contributed by atoms with Gasteiger partial charge in [0.2, 0.25) is 0 Å². The number of hydrogen-bond acceptors (Lipinski definition) is 2. The van der Waals surface area contributed by atoms with E-state index in [9.17, 15) is 0 Å². The van der Waals surface area contributed by atoms with E-state index in [0.717, 1.165) is 6.54 Å². The third-order valence-electron chi connectivity index (χ3n) is 4.30. The molecule has 1 fully saturated rings. The van der Waals surface area contributed by atoms with Crippen molar-refractivity contribution < 1.29 is 0 Å². The van der Waals surface area contributed by atoms with Crippen LogP contribution in [0.4, 0.5) is 0 Å². The van der Waals surface area contributed by atoms with Crippen molar-refractivity contribution in [3.05, 3.63) is 34.9 Å². The van der Waals surface area contributed by atoms with E-state index < -0.39 is 0 Å². The highest BCUT2D eigenvalue weighted by Gasteiger charge is 2.42. The first-order valence-corrected chi connectivity index (χ1v) is 6.56. The topological polar surface area (TPSA) is 38.0 Å². The van der Waals surface area contributed by atoms with Crippen LogP contribution in [0.1, 0.15) is 42.0 Å². The van der Waals surface area contributed by atoms with E-state index in [1.165, 1.54) is 36.0 Å². The largest absolute Gasteiger partial charge is 0.323 e. The zero-order chi connectivity index (χ0) is 12.5. The van der Waals surface area contributed by atoms with Crippen molar-refractivity contribution in [1.29, 1.82) is 0 Å². The summed E-state index contributed by atoms with van der Waals surface area (Å²) in [5.41, 5.74) is 10.8. The van der Waals surface area contributed by atoms with Crippen LogP contribution in [0.3, 0.4) is 0 Å². The van der Waals surface area contributed by atoms with Gasteiger partial charge in [0.25, 0.3) is 0 Å². The molecular weight excluding hydrogens is 208 g/mol. The Kier molecular flexibility index (Phi) is 3.55. The van der Waals surface area contributed by atoms with Gasteiger partial charge in [0.15, 0.2) is 0 Å². The Labute approximate surface area is 105 Å². The summed E-state index contributed by atoms with van der Waals surface area (Å²) in [5.74, 6) is 0. The van der Waals surface area contributed by atoms with Gasteiger partial charge in [-0.1, -0.05) is 30.2 Å². The minimum atomic E-state index is 0.171. The predicted octanol–water partition coefficient (Wildman–Crippen LogP) is 2.69. The molecule has 1 saturated carbocycles. The average molecular weight is 232 g/mol. The van der Waals surface area contributed by atoms with Crippen LogP contribution >= 0.6 is 0 Å². The number of nitrogens with two attached hydrogens (primary N) is 1. The maximum Gasteiger partial charge on any atom is 0.0366 e. The second-order valence-electron chi connectivity index (χ2n) is 5.58. The number of nitrogens with one attached hydrogen (secondary N) is 1. The molecule has 1 aromatic rings. The second kappa shape index (κ2) is 4.79. The quantitative estimate of drug-likeness (QED) is 0.837. The molecule has 0 saturated heterocycles. The Morgan fingerprint density at radius 1 is 1.35 bits per heavy atom. The fraction of sp³-hybridized carbons (Fsp3) is 0.600. The third-order valence-corrected chi connectivity index (χ3v) is 4.30. The third kappa shape index (κ3) is 2.24. The highest BCUT2D eigenvalue weighted by atomic mass is 14.9. The Morgan fingerprint density at radius 2 is 2.06 bits per heavy atom. The minimum absolute atomic E-state index is 0.171. The summed E-state index contributed by atoms with van der Waals surface area (Å²) in [6.45, 7) is 5.34. The molecule has 0 aromatic heterocycles. The van der Waals surface area contributed by atoms with E-state index in [2.05, 4.69) is 37.4 Å². The van der Waals surface area contributed by atoms with E-state index in [1.807, 2.05) is 7.05 Å². The smallest absolute Gasteiger partial charge is 0.0366 e. The molecule has 0 bridgehead atoms. The van der Waals surface area contributed by atoms with Crippen LogP contribution in [0.25, 0.3) is 0 Å². The molecular formula is C15H24N2. The highest BCUT2D eigenvalue weighted by Crippen LogP contribution is 2.49. The fourth-order valence-electron chi connectivity index (χ4n) is 3.09. The molecule has 1 aliphatic carbocycles. The second-order valence-corrected chi connectivity index (χ2v) is 5.58. The average Bonchev–Trinajstić information content (AvgIpc) is 2.22. The lowest BCUT2D eigenvalue weighted by atomic mass is 9.62. The molecule has 2 nitrogen and oxygen atoms in total. The Morgan fingerprint density at radius 3 is 2.53 bits per heavy atom. The SMILES string of the molecule is CNCC1(C(N)c2ccc(C)cc2C)CCC1. The summed E-state index contributed by atoms with van der Waals surface area (Å²) >= 11 is 0. The molecule has 94 valence electrons. The van der Waals surface area contributed by atoms with Gasteiger partial charge in [0.1, 0.15) is 0 Å². The number of benzene rings is 1. The van der Waals surface area contributed by atoms with Gasteiger partial charge in [-0.05, 0) is 44.9 Å². The van der Waals surface area contributed by atoms with Gasteiger partial charge in [0.05, 0.1) is 0 Å². The maximum absolute atomic E-state index is 6.53. The van der Waals surface area contributed by atoms with E-state index >= 15 is 0 Å². The van der Waals surface area contributed by atoms with Crippen molar-refractivity contribution in [3.63, 3.8) is 0 Å². The first-order valence-electron chi connectivity index (χ1n) is 6.56. The van der Waals surface area contributed by atoms with Gasteiger partial charge in [0, 0.05) is 18.0 Å². The molecule has 1 atom stereocenters. The molecule has 0 heterocycles. The molecule has 3 N–H and O–H groups in total. The Hall–Kier alpha value is -0.860. The van der Waals surface area contributed by atoms with Gasteiger partial charge >= 0.3 is 0 Å². The van der Waals surface area contributed by atoms with Crippen molar-refractivity contribution >= 4 is 0 Å². The molecule has 0 spiro atoms. The van der Waals surface area contributed by atoms with Crippen molar-refractivity contribution in [2.24, 2.45) is 11.1 Å². The molecule has 17 heavy (non-hydrogen) atoms. The molecule has 2 heteroatoms. The van der Waals surface area contributed by atoms with Gasteiger partial charge in [-0.3, -0.25) is 0 Å². The number of hydrogen-bond donors (Lipinski definition) is 2. The lowest BCUT2D eigenvalue weighted by molar-refractivity contribution is 0.0944. The zero-order valence-corrected chi connectivity index (χ0v) is 11.2. The maximum atomic E-state index is 6.53. The van der Waals surface area contributed by atoms with Gasteiger partial charge in [-0.25, -0.2) is 0 Å². The normalized spacial score (nSPS) is 19.8. The summed E-state index contributed by atoms with van der Waals surface area (Å²) in [4.78, 5) is 0. The van der Waals surface area contributed by atoms with Crippen LogP contribution in [-0.2, 0) is 0 Å². The summed E-state index contributed by atoms with van der Waals surface area (Å²) in [5, 5.41) is 3.31.